The third-order valence-electron chi connectivity index (χ3n) is 11.9. The molecule has 0 aliphatic carbocycles. The molecule has 1 fully saturated rings. The smallest absolute Gasteiger partial charge is 0.303 e. The van der Waals surface area contributed by atoms with E-state index in [1.54, 1.807) is 0 Å². The average molecular weight is 1050 g/mol. The number of aliphatic carboxylic acids is 1. The summed E-state index contributed by atoms with van der Waals surface area (Å²) in [7, 11) is 0. The second-order valence-electron chi connectivity index (χ2n) is 18.9. The molecule has 1 heterocycles. The van der Waals surface area contributed by atoms with Gasteiger partial charge in [0.25, 0.3) is 0 Å². The fraction of sp³-hybridized carbons (Fsp3) is 0.646. The Bertz CT molecular complexity index is 2070. The first-order chi connectivity index (χ1) is 34.9. The third-order valence-corrected chi connectivity index (χ3v) is 11.9. The Kier molecular flexibility index (Phi) is 28.2. The highest BCUT2D eigenvalue weighted by Gasteiger charge is 2.36. The maximum Gasteiger partial charge on any atom is 0.303 e. The van der Waals surface area contributed by atoms with Gasteiger partial charge >= 0.3 is 5.97 Å². The number of hydrogen-bond donors (Lipinski definition) is 15. The molecule has 414 valence electrons. The van der Waals surface area contributed by atoms with E-state index in [2.05, 4.69) is 56.4 Å². The van der Waals surface area contributed by atoms with Gasteiger partial charge in [-0.05, 0) is 43.4 Å². The molecule has 1 aliphatic heterocycles. The van der Waals surface area contributed by atoms with Crippen LogP contribution in [0.4, 0.5) is 0 Å². The Balaban J connectivity index is 2.67. The molecule has 0 bridgehead atoms. The van der Waals surface area contributed by atoms with Gasteiger partial charge in [0.1, 0.15) is 48.0 Å². The van der Waals surface area contributed by atoms with Crippen LogP contribution >= 0.6 is 0 Å². The summed E-state index contributed by atoms with van der Waals surface area (Å²) >= 11 is 0. The van der Waals surface area contributed by atoms with Crippen LogP contribution in [0.3, 0.4) is 0 Å². The van der Waals surface area contributed by atoms with Gasteiger partial charge in [0, 0.05) is 25.3 Å². The third kappa shape index (κ3) is 24.2. The van der Waals surface area contributed by atoms with Crippen LogP contribution in [0.5, 0.6) is 5.75 Å². The van der Waals surface area contributed by atoms with Crippen molar-refractivity contribution in [3.63, 3.8) is 0 Å². The van der Waals surface area contributed by atoms with Gasteiger partial charge in [0.05, 0.1) is 32.2 Å². The Hall–Kier alpha value is -6.93. The maximum absolute atomic E-state index is 14.1. The number of benzene rings is 1. The van der Waals surface area contributed by atoms with Crippen LogP contribution in [0.2, 0.25) is 0 Å². The minimum Gasteiger partial charge on any atom is -0.508 e. The first kappa shape index (κ1) is 63.2. The van der Waals surface area contributed by atoms with Crippen molar-refractivity contribution in [2.45, 2.75) is 178 Å². The number of aliphatic hydroxyl groups is 3. The number of primary amides is 2. The lowest BCUT2D eigenvalue weighted by molar-refractivity contribution is -0.139. The van der Waals surface area contributed by atoms with Crippen LogP contribution in [0.25, 0.3) is 0 Å². The first-order valence-electron chi connectivity index (χ1n) is 24.8. The number of carboxylic acid groups (broad SMARTS) is 1. The summed E-state index contributed by atoms with van der Waals surface area (Å²) in [5.74, 6) is -12.6. The van der Waals surface area contributed by atoms with Gasteiger partial charge in [-0.3, -0.25) is 52.7 Å². The summed E-state index contributed by atoms with van der Waals surface area (Å²) in [5.41, 5.74) is 11.2. The fourth-order valence-corrected chi connectivity index (χ4v) is 7.84. The average Bonchev–Trinajstić information content (AvgIpc) is 3.32. The predicted octanol–water partition coefficient (Wildman–Crippen LogP) is -3.25. The molecule has 2 rings (SSSR count). The Morgan fingerprint density at radius 2 is 0.986 bits per heavy atom. The summed E-state index contributed by atoms with van der Waals surface area (Å²) < 4.78 is 0. The highest BCUT2D eigenvalue weighted by atomic mass is 16.4. The molecule has 1 aromatic rings. The number of carbonyl (C=O) groups is 11. The number of aliphatic hydroxyl groups excluding tert-OH is 3. The van der Waals surface area contributed by atoms with E-state index in [1.165, 1.54) is 24.3 Å². The normalized spacial score (nSPS) is 23.8. The molecule has 0 spiro atoms. The SMILES string of the molecule is CC(C)CCCCCCCCCCC1CC(=O)N[C@@H](CC(N)=O)C(=O)NC(Cc2ccc(O)cc2)C(=O)N[C@H](CC(N)=O)C(=O)N[C@@H](CO)C(=O)NC(CCC(=O)O)C(=O)N[C@H](CO)C(=O)NC([C@@H](C)O)C(=O)N1. The molecular weight excluding hydrogens is 973 g/mol. The summed E-state index contributed by atoms with van der Waals surface area (Å²) in [6, 6.07) is -8.62. The van der Waals surface area contributed by atoms with Crippen molar-refractivity contribution in [2.75, 3.05) is 13.2 Å². The number of aromatic hydroxyl groups is 1. The largest absolute Gasteiger partial charge is 0.508 e. The van der Waals surface area contributed by atoms with E-state index in [0.29, 0.717) is 24.3 Å². The van der Waals surface area contributed by atoms with Crippen molar-refractivity contribution in [3.8, 4) is 5.75 Å². The van der Waals surface area contributed by atoms with E-state index in [4.69, 9.17) is 11.5 Å². The van der Waals surface area contributed by atoms with Crippen molar-refractivity contribution in [1.82, 2.24) is 42.5 Å². The molecular formula is C48H76N10O16. The van der Waals surface area contributed by atoms with Gasteiger partial charge in [-0.25, -0.2) is 0 Å². The molecule has 10 amide bonds. The number of nitrogens with one attached hydrogen (secondary N) is 8. The van der Waals surface area contributed by atoms with E-state index in [1.807, 2.05) is 0 Å². The first-order valence-corrected chi connectivity index (χ1v) is 24.8. The van der Waals surface area contributed by atoms with E-state index >= 15 is 0 Å². The molecule has 74 heavy (non-hydrogen) atoms. The zero-order valence-electron chi connectivity index (χ0n) is 42.2. The summed E-state index contributed by atoms with van der Waals surface area (Å²) in [4.78, 5) is 146. The lowest BCUT2D eigenvalue weighted by Gasteiger charge is -2.28. The fourth-order valence-electron chi connectivity index (χ4n) is 7.84. The summed E-state index contributed by atoms with van der Waals surface area (Å²) in [5, 5.41) is 68.7. The molecule has 17 N–H and O–H groups in total. The summed E-state index contributed by atoms with van der Waals surface area (Å²) in [6.45, 7) is 3.16. The minimum absolute atomic E-state index is 0.158. The molecule has 26 nitrogen and oxygen atoms in total. The molecule has 0 aromatic heterocycles. The molecule has 4 unspecified atom stereocenters. The standard InChI is InChI=1S/C48H76N10O16/c1-26(2)12-10-8-6-4-5-7-9-11-13-29-21-39(65)52-33(22-37(49)63)44(70)54-32(20-28-14-16-30(62)17-15-28)43(69)55-34(23-38(50)64)45(71)57-35(24-59)46(72)53-31(18-19-40(66)67)42(68)56-36(25-60)47(73)58-41(27(3)61)48(74)51-29/h14-17,26-27,29,31-36,41,59-62H,4-13,18-25H2,1-3H3,(H2,49,63)(H2,50,64)(H,51,74)(H,52,65)(H,53,72)(H,54,70)(H,55,69)(H,56,68)(H,57,71)(H,58,73)(H,66,67)/t27-,29?,31?,32?,33+,34-,35+,36-,41?/m1/s1. The predicted molar refractivity (Wildman–Crippen MR) is 263 cm³/mol. The zero-order chi connectivity index (χ0) is 55.5. The highest BCUT2D eigenvalue weighted by Crippen LogP contribution is 2.16. The van der Waals surface area contributed by atoms with Crippen LogP contribution in [-0.4, -0.2) is 158 Å². The highest BCUT2D eigenvalue weighted by molar-refractivity contribution is 5.99. The van der Waals surface area contributed by atoms with Crippen molar-refractivity contribution in [1.29, 1.82) is 0 Å². The molecule has 1 aromatic carbocycles. The lowest BCUT2D eigenvalue weighted by Crippen LogP contribution is -2.62. The summed E-state index contributed by atoms with van der Waals surface area (Å²) in [6.07, 6.45) is 2.84. The second-order valence-corrected chi connectivity index (χ2v) is 18.9. The number of nitrogens with two attached hydrogens (primary N) is 2. The van der Waals surface area contributed by atoms with Gasteiger partial charge in [0.15, 0.2) is 0 Å². The maximum atomic E-state index is 14.1. The van der Waals surface area contributed by atoms with Gasteiger partial charge < -0.3 is 79.5 Å². The Morgan fingerprint density at radius 3 is 1.49 bits per heavy atom. The molecule has 26 heteroatoms. The van der Waals surface area contributed by atoms with Crippen molar-refractivity contribution >= 4 is 65.0 Å². The zero-order valence-corrected chi connectivity index (χ0v) is 42.2. The lowest BCUT2D eigenvalue weighted by atomic mass is 10.0. The molecule has 0 saturated carbocycles. The van der Waals surface area contributed by atoms with Gasteiger partial charge in [0.2, 0.25) is 59.1 Å². The van der Waals surface area contributed by atoms with E-state index in [0.717, 1.165) is 51.9 Å². The van der Waals surface area contributed by atoms with E-state index < -0.39 is 165 Å². The number of unbranched alkanes of at least 4 members (excludes halogenated alkanes) is 7. The van der Waals surface area contributed by atoms with Gasteiger partial charge in [-0.15, -0.1) is 0 Å². The number of phenolic OH excluding ortho intramolecular Hbond substituents is 1. The van der Waals surface area contributed by atoms with Crippen molar-refractivity contribution < 1.29 is 78.3 Å². The molecule has 0 radical (unpaired) electrons. The number of carbonyl (C=O) groups excluding carboxylic acids is 10. The quantitative estimate of drug-likeness (QED) is 0.0479. The number of amides is 10. The second kappa shape index (κ2) is 33.0. The monoisotopic (exact) mass is 1050 g/mol. The number of phenols is 1. The van der Waals surface area contributed by atoms with Crippen LogP contribution < -0.4 is 54.0 Å². The van der Waals surface area contributed by atoms with Gasteiger partial charge in [-0.1, -0.05) is 83.8 Å². The van der Waals surface area contributed by atoms with Crippen LogP contribution in [-0.2, 0) is 59.2 Å². The number of hydrogen-bond acceptors (Lipinski definition) is 15. The van der Waals surface area contributed by atoms with Crippen LogP contribution in [0.1, 0.15) is 123 Å². The number of carboxylic acids is 1. The molecule has 1 aliphatic rings. The Labute approximate surface area is 429 Å². The Morgan fingerprint density at radius 1 is 0.554 bits per heavy atom. The van der Waals surface area contributed by atoms with Crippen LogP contribution in [0, 0.1) is 5.92 Å². The molecule has 9 atom stereocenters. The van der Waals surface area contributed by atoms with Crippen molar-refractivity contribution in [2.24, 2.45) is 17.4 Å². The minimum atomic E-state index is -1.98. The van der Waals surface area contributed by atoms with Crippen molar-refractivity contribution in [3.05, 3.63) is 29.8 Å². The van der Waals surface area contributed by atoms with Gasteiger partial charge in [-0.2, -0.15) is 0 Å². The van der Waals surface area contributed by atoms with E-state index in [9.17, 15) is 78.3 Å². The van der Waals surface area contributed by atoms with E-state index in [-0.39, 0.29) is 18.6 Å². The number of rotatable bonds is 23. The molecule has 1 saturated heterocycles. The topological polar surface area (TPSA) is 437 Å². The van der Waals surface area contributed by atoms with Crippen LogP contribution in [0.15, 0.2) is 24.3 Å².